The van der Waals surface area contributed by atoms with Gasteiger partial charge < -0.3 is 10.5 Å². The fraction of sp³-hybridized carbons (Fsp3) is 0.333. The standard InChI is InChI=1S/C6H8N3O2/c1-2-11-6(10)4-5(7)9-3-8-4/h3H,2,7H2,1H3. The van der Waals surface area contributed by atoms with Crippen molar-refractivity contribution in [3.8, 4) is 0 Å². The summed E-state index contributed by atoms with van der Waals surface area (Å²) >= 11 is 0. The van der Waals surface area contributed by atoms with Crippen LogP contribution in [0, 0.1) is 0 Å². The fourth-order valence-electron chi connectivity index (χ4n) is 0.633. The average molecular weight is 154 g/mol. The Hall–Kier alpha value is -1.52. The molecule has 0 aromatic heterocycles. The number of aliphatic imine (C=N–C) groups is 1. The molecule has 0 aromatic rings. The SMILES string of the molecule is CCOC(=O)C1=C(N)[N]C=N1. The van der Waals surface area contributed by atoms with Gasteiger partial charge in [-0.05, 0) is 6.92 Å². The molecule has 0 amide bonds. The summed E-state index contributed by atoms with van der Waals surface area (Å²) in [4.78, 5) is 14.5. The lowest BCUT2D eigenvalue weighted by molar-refractivity contribution is -0.138. The lowest BCUT2D eigenvalue weighted by Crippen LogP contribution is -2.13. The highest BCUT2D eigenvalue weighted by atomic mass is 16.5. The van der Waals surface area contributed by atoms with Gasteiger partial charge in [0.15, 0.2) is 11.5 Å². The number of hydrogen-bond acceptors (Lipinski definition) is 4. The second kappa shape index (κ2) is 3.05. The van der Waals surface area contributed by atoms with Gasteiger partial charge in [-0.2, -0.15) is 0 Å². The first kappa shape index (κ1) is 7.59. The van der Waals surface area contributed by atoms with E-state index in [2.05, 4.69) is 15.0 Å². The summed E-state index contributed by atoms with van der Waals surface area (Å²) in [6.45, 7) is 2.02. The second-order valence-electron chi connectivity index (χ2n) is 1.83. The van der Waals surface area contributed by atoms with Gasteiger partial charge in [-0.3, -0.25) is 0 Å². The van der Waals surface area contributed by atoms with E-state index in [1.807, 2.05) is 0 Å². The van der Waals surface area contributed by atoms with Crippen LogP contribution in [0.25, 0.3) is 0 Å². The Morgan fingerprint density at radius 3 is 3.00 bits per heavy atom. The minimum atomic E-state index is -0.525. The first-order valence-electron chi connectivity index (χ1n) is 3.16. The second-order valence-corrected chi connectivity index (χ2v) is 1.83. The van der Waals surface area contributed by atoms with E-state index >= 15 is 0 Å². The fourth-order valence-corrected chi connectivity index (χ4v) is 0.633. The Bertz CT molecular complexity index is 232. The summed E-state index contributed by atoms with van der Waals surface area (Å²) in [5.74, 6) is -0.411. The van der Waals surface area contributed by atoms with E-state index in [1.165, 1.54) is 6.34 Å². The third-order valence-electron chi connectivity index (χ3n) is 1.10. The third kappa shape index (κ3) is 1.49. The van der Waals surface area contributed by atoms with Crippen molar-refractivity contribution in [3.63, 3.8) is 0 Å². The van der Waals surface area contributed by atoms with E-state index in [4.69, 9.17) is 5.73 Å². The van der Waals surface area contributed by atoms with E-state index < -0.39 is 5.97 Å². The topological polar surface area (TPSA) is 78.8 Å². The summed E-state index contributed by atoms with van der Waals surface area (Å²) in [7, 11) is 0. The van der Waals surface area contributed by atoms with Gasteiger partial charge in [0.25, 0.3) is 0 Å². The molecule has 0 unspecified atom stereocenters. The molecule has 0 atom stereocenters. The molecular formula is C6H8N3O2. The zero-order valence-corrected chi connectivity index (χ0v) is 6.07. The molecule has 5 nitrogen and oxygen atoms in total. The van der Waals surface area contributed by atoms with Crippen LogP contribution in [0.5, 0.6) is 0 Å². The summed E-state index contributed by atoms with van der Waals surface area (Å²) in [6, 6.07) is 0. The Labute approximate surface area is 63.9 Å². The van der Waals surface area contributed by atoms with Crippen LogP contribution in [0.4, 0.5) is 0 Å². The molecule has 0 bridgehead atoms. The summed E-state index contributed by atoms with van der Waals surface area (Å²) in [5.41, 5.74) is 5.39. The van der Waals surface area contributed by atoms with Crippen LogP contribution in [0.3, 0.4) is 0 Å². The van der Waals surface area contributed by atoms with E-state index in [0.717, 1.165) is 0 Å². The van der Waals surface area contributed by atoms with Crippen LogP contribution >= 0.6 is 0 Å². The highest BCUT2D eigenvalue weighted by Gasteiger charge is 2.17. The molecule has 2 N–H and O–H groups in total. The van der Waals surface area contributed by atoms with Gasteiger partial charge in [-0.1, -0.05) is 0 Å². The zero-order valence-electron chi connectivity index (χ0n) is 6.07. The summed E-state index contributed by atoms with van der Waals surface area (Å²) < 4.78 is 4.65. The lowest BCUT2D eigenvalue weighted by atomic mass is 10.4. The summed E-state index contributed by atoms with van der Waals surface area (Å²) in [5, 5.41) is 3.59. The Balaban J connectivity index is 2.66. The van der Waals surface area contributed by atoms with Gasteiger partial charge in [-0.25, -0.2) is 15.1 Å². The van der Waals surface area contributed by atoms with Crippen molar-refractivity contribution in [1.82, 2.24) is 5.32 Å². The number of esters is 1. The van der Waals surface area contributed by atoms with Gasteiger partial charge in [-0.15, -0.1) is 0 Å². The molecule has 1 heterocycles. The van der Waals surface area contributed by atoms with Crippen LogP contribution in [0.2, 0.25) is 0 Å². The van der Waals surface area contributed by atoms with Crippen molar-refractivity contribution < 1.29 is 9.53 Å². The molecule has 0 saturated carbocycles. The highest BCUT2D eigenvalue weighted by Crippen LogP contribution is 2.06. The minimum Gasteiger partial charge on any atom is -0.461 e. The molecule has 59 valence electrons. The molecule has 0 saturated heterocycles. The maximum atomic E-state index is 10.9. The maximum absolute atomic E-state index is 10.9. The van der Waals surface area contributed by atoms with Crippen molar-refractivity contribution in [2.24, 2.45) is 10.7 Å². The third-order valence-corrected chi connectivity index (χ3v) is 1.10. The monoisotopic (exact) mass is 154 g/mol. The first-order chi connectivity index (χ1) is 5.25. The van der Waals surface area contributed by atoms with Crippen molar-refractivity contribution in [1.29, 1.82) is 0 Å². The molecule has 5 heteroatoms. The van der Waals surface area contributed by atoms with Crippen molar-refractivity contribution >= 4 is 12.3 Å². The quantitative estimate of drug-likeness (QED) is 0.535. The van der Waals surface area contributed by atoms with E-state index in [0.29, 0.717) is 6.61 Å². The van der Waals surface area contributed by atoms with Gasteiger partial charge in [0.05, 0.1) is 6.61 Å². The normalized spacial score (nSPS) is 15.0. The number of carbonyl (C=O) groups excluding carboxylic acids is 1. The van der Waals surface area contributed by atoms with Crippen LogP contribution < -0.4 is 11.1 Å². The number of nitrogens with zero attached hydrogens (tertiary/aromatic N) is 2. The number of ether oxygens (including phenoxy) is 1. The molecule has 0 aliphatic carbocycles. The van der Waals surface area contributed by atoms with Crippen LogP contribution in [0.1, 0.15) is 6.92 Å². The number of nitrogens with two attached hydrogens (primary N) is 1. The van der Waals surface area contributed by atoms with Crippen LogP contribution in [-0.4, -0.2) is 18.9 Å². The van der Waals surface area contributed by atoms with Crippen molar-refractivity contribution in [2.45, 2.75) is 6.92 Å². The predicted molar refractivity (Wildman–Crippen MR) is 38.5 cm³/mol. The van der Waals surface area contributed by atoms with E-state index in [1.54, 1.807) is 6.92 Å². The Morgan fingerprint density at radius 2 is 2.55 bits per heavy atom. The highest BCUT2D eigenvalue weighted by molar-refractivity contribution is 5.92. The van der Waals surface area contributed by atoms with Crippen molar-refractivity contribution in [3.05, 3.63) is 11.5 Å². The number of carbonyl (C=O) groups is 1. The van der Waals surface area contributed by atoms with Gasteiger partial charge in [0, 0.05) is 0 Å². The summed E-state index contributed by atoms with van der Waals surface area (Å²) in [6.07, 6.45) is 1.22. The lowest BCUT2D eigenvalue weighted by Gasteiger charge is -1.98. The van der Waals surface area contributed by atoms with E-state index in [-0.39, 0.29) is 11.5 Å². The smallest absolute Gasteiger partial charge is 0.360 e. The number of hydrogen-bond donors (Lipinski definition) is 1. The maximum Gasteiger partial charge on any atom is 0.360 e. The molecule has 11 heavy (non-hydrogen) atoms. The van der Waals surface area contributed by atoms with Crippen molar-refractivity contribution in [2.75, 3.05) is 6.61 Å². The molecule has 0 aromatic carbocycles. The molecule has 1 aliphatic rings. The molecular weight excluding hydrogens is 146 g/mol. The molecule has 0 spiro atoms. The Morgan fingerprint density at radius 1 is 1.82 bits per heavy atom. The molecule has 1 rings (SSSR count). The van der Waals surface area contributed by atoms with Gasteiger partial charge >= 0.3 is 5.97 Å². The molecule has 1 radical (unpaired) electrons. The van der Waals surface area contributed by atoms with Crippen LogP contribution in [0.15, 0.2) is 16.5 Å². The molecule has 0 fully saturated rings. The predicted octanol–water partition coefficient (Wildman–Crippen LogP) is -0.676. The molecule has 1 aliphatic heterocycles. The van der Waals surface area contributed by atoms with Gasteiger partial charge in [0.2, 0.25) is 0 Å². The minimum absolute atomic E-state index is 0.0897. The largest absolute Gasteiger partial charge is 0.461 e. The van der Waals surface area contributed by atoms with Gasteiger partial charge in [0.1, 0.15) is 6.34 Å². The zero-order chi connectivity index (χ0) is 8.27. The Kier molecular flexibility index (Phi) is 2.10. The first-order valence-corrected chi connectivity index (χ1v) is 3.16. The average Bonchev–Trinajstić information content (AvgIpc) is 2.36. The van der Waals surface area contributed by atoms with E-state index in [9.17, 15) is 4.79 Å². The van der Waals surface area contributed by atoms with Crippen LogP contribution in [-0.2, 0) is 9.53 Å². The number of rotatable bonds is 2.